The SMILES string of the molecule is Nc1nc2occ(-c3ccccc3)c2c(=O)[nH]1. The molecule has 0 spiro atoms. The number of H-pyrrole nitrogens is 1. The predicted molar refractivity (Wildman–Crippen MR) is 64.5 cm³/mol. The Hall–Kier alpha value is -2.56. The number of aromatic amines is 1. The van der Waals surface area contributed by atoms with Crippen LogP contribution < -0.4 is 11.3 Å². The molecule has 5 nitrogen and oxygen atoms in total. The number of hydrogen-bond acceptors (Lipinski definition) is 4. The van der Waals surface area contributed by atoms with Crippen LogP contribution in [0.1, 0.15) is 0 Å². The van der Waals surface area contributed by atoms with Crippen LogP contribution in [0.2, 0.25) is 0 Å². The van der Waals surface area contributed by atoms with Crippen molar-refractivity contribution in [1.29, 1.82) is 0 Å². The van der Waals surface area contributed by atoms with Gasteiger partial charge in [-0.2, -0.15) is 4.98 Å². The summed E-state index contributed by atoms with van der Waals surface area (Å²) in [4.78, 5) is 18.2. The highest BCUT2D eigenvalue weighted by molar-refractivity contribution is 5.91. The number of aromatic nitrogens is 2. The lowest BCUT2D eigenvalue weighted by Gasteiger charge is -1.96. The zero-order valence-electron chi connectivity index (χ0n) is 8.81. The Labute approximate surface area is 95.9 Å². The highest BCUT2D eigenvalue weighted by Gasteiger charge is 2.13. The summed E-state index contributed by atoms with van der Waals surface area (Å²) in [6.45, 7) is 0. The van der Waals surface area contributed by atoms with Gasteiger partial charge in [0.2, 0.25) is 11.7 Å². The molecule has 5 heteroatoms. The number of hydrogen-bond donors (Lipinski definition) is 2. The number of nitrogens with zero attached hydrogens (tertiary/aromatic N) is 1. The molecular weight excluding hydrogens is 218 g/mol. The highest BCUT2D eigenvalue weighted by Crippen LogP contribution is 2.26. The molecule has 0 aliphatic carbocycles. The van der Waals surface area contributed by atoms with Crippen LogP contribution in [0, 0.1) is 0 Å². The number of furan rings is 1. The van der Waals surface area contributed by atoms with Gasteiger partial charge in [-0.05, 0) is 5.56 Å². The Morgan fingerprint density at radius 1 is 1.24 bits per heavy atom. The molecule has 3 N–H and O–H groups in total. The average Bonchev–Trinajstić information content (AvgIpc) is 2.74. The zero-order valence-corrected chi connectivity index (χ0v) is 8.81. The number of anilines is 1. The molecule has 17 heavy (non-hydrogen) atoms. The second-order valence-electron chi connectivity index (χ2n) is 3.65. The van der Waals surface area contributed by atoms with Crippen molar-refractivity contribution < 1.29 is 4.42 Å². The third-order valence-electron chi connectivity index (χ3n) is 2.55. The van der Waals surface area contributed by atoms with E-state index in [-0.39, 0.29) is 17.2 Å². The van der Waals surface area contributed by atoms with Crippen LogP contribution >= 0.6 is 0 Å². The minimum Gasteiger partial charge on any atom is -0.445 e. The summed E-state index contributed by atoms with van der Waals surface area (Å²) >= 11 is 0. The number of nitrogen functional groups attached to an aromatic ring is 1. The van der Waals surface area contributed by atoms with E-state index in [1.165, 1.54) is 6.26 Å². The first kappa shape index (κ1) is 9.65. The van der Waals surface area contributed by atoms with Crippen LogP contribution in [0.3, 0.4) is 0 Å². The van der Waals surface area contributed by atoms with Gasteiger partial charge in [0, 0.05) is 5.56 Å². The van der Waals surface area contributed by atoms with Crippen LogP contribution in [0.4, 0.5) is 5.95 Å². The maximum Gasteiger partial charge on any atom is 0.264 e. The van der Waals surface area contributed by atoms with Crippen molar-refractivity contribution in [3.8, 4) is 11.1 Å². The van der Waals surface area contributed by atoms with E-state index in [1.54, 1.807) is 0 Å². The Kier molecular flexibility index (Phi) is 1.98. The van der Waals surface area contributed by atoms with Crippen molar-refractivity contribution in [2.45, 2.75) is 0 Å². The van der Waals surface area contributed by atoms with Crippen molar-refractivity contribution in [1.82, 2.24) is 9.97 Å². The van der Waals surface area contributed by atoms with Gasteiger partial charge in [-0.1, -0.05) is 30.3 Å². The summed E-state index contributed by atoms with van der Waals surface area (Å²) in [5.41, 5.74) is 7.03. The summed E-state index contributed by atoms with van der Waals surface area (Å²) < 4.78 is 5.25. The van der Waals surface area contributed by atoms with Gasteiger partial charge in [-0.25, -0.2) is 0 Å². The molecule has 3 rings (SSSR count). The fraction of sp³-hybridized carbons (Fsp3) is 0. The Morgan fingerprint density at radius 2 is 2.00 bits per heavy atom. The highest BCUT2D eigenvalue weighted by atomic mass is 16.3. The first-order valence-corrected chi connectivity index (χ1v) is 5.08. The van der Waals surface area contributed by atoms with Gasteiger partial charge in [-0.15, -0.1) is 0 Å². The Morgan fingerprint density at radius 3 is 2.76 bits per heavy atom. The van der Waals surface area contributed by atoms with Gasteiger partial charge in [0.25, 0.3) is 5.56 Å². The quantitative estimate of drug-likeness (QED) is 0.663. The number of rotatable bonds is 1. The Balaban J connectivity index is 2.37. The molecule has 0 aliphatic rings. The zero-order chi connectivity index (χ0) is 11.8. The number of nitrogens with two attached hydrogens (primary N) is 1. The molecule has 0 fully saturated rings. The maximum absolute atomic E-state index is 11.8. The lowest BCUT2D eigenvalue weighted by Crippen LogP contribution is -2.10. The molecule has 2 heterocycles. The van der Waals surface area contributed by atoms with E-state index in [1.807, 2.05) is 30.3 Å². The van der Waals surface area contributed by atoms with Crippen molar-refractivity contribution >= 4 is 17.0 Å². The molecule has 0 atom stereocenters. The van der Waals surface area contributed by atoms with Gasteiger partial charge in [0.1, 0.15) is 11.6 Å². The molecule has 0 aliphatic heterocycles. The van der Waals surface area contributed by atoms with Crippen molar-refractivity contribution in [2.75, 3.05) is 5.73 Å². The minimum atomic E-state index is -0.292. The summed E-state index contributed by atoms with van der Waals surface area (Å²) in [6.07, 6.45) is 1.52. The second kappa shape index (κ2) is 3.48. The van der Waals surface area contributed by atoms with Crippen LogP contribution in [-0.2, 0) is 0 Å². The van der Waals surface area contributed by atoms with E-state index >= 15 is 0 Å². The molecule has 0 saturated carbocycles. The monoisotopic (exact) mass is 227 g/mol. The van der Waals surface area contributed by atoms with E-state index < -0.39 is 0 Å². The molecule has 3 aromatic rings. The first-order chi connectivity index (χ1) is 8.25. The molecule has 0 bridgehead atoms. The number of fused-ring (bicyclic) bond motifs is 1. The average molecular weight is 227 g/mol. The predicted octanol–water partition coefficient (Wildman–Crippen LogP) is 1.77. The Bertz CT molecular complexity index is 728. The smallest absolute Gasteiger partial charge is 0.264 e. The van der Waals surface area contributed by atoms with Crippen LogP contribution in [0.15, 0.2) is 45.8 Å². The summed E-state index contributed by atoms with van der Waals surface area (Å²) in [7, 11) is 0. The molecule has 0 radical (unpaired) electrons. The fourth-order valence-corrected chi connectivity index (χ4v) is 1.80. The van der Waals surface area contributed by atoms with Crippen LogP contribution in [-0.4, -0.2) is 9.97 Å². The van der Waals surface area contributed by atoms with E-state index in [0.717, 1.165) is 5.56 Å². The molecule has 1 aromatic carbocycles. The lowest BCUT2D eigenvalue weighted by molar-refractivity contribution is 0.604. The first-order valence-electron chi connectivity index (χ1n) is 5.08. The van der Waals surface area contributed by atoms with Crippen LogP contribution in [0.25, 0.3) is 22.2 Å². The molecule has 84 valence electrons. The standard InChI is InChI=1S/C12H9N3O2/c13-12-14-10(16)9-8(6-17-11(9)15-12)7-4-2-1-3-5-7/h1-6H,(H3,13,14,15,16). The van der Waals surface area contributed by atoms with E-state index in [2.05, 4.69) is 9.97 Å². The van der Waals surface area contributed by atoms with Gasteiger partial charge in [0.05, 0.1) is 0 Å². The largest absolute Gasteiger partial charge is 0.445 e. The molecule has 2 aromatic heterocycles. The lowest BCUT2D eigenvalue weighted by atomic mass is 10.1. The normalized spacial score (nSPS) is 10.8. The second-order valence-corrected chi connectivity index (χ2v) is 3.65. The molecule has 0 amide bonds. The third kappa shape index (κ3) is 1.48. The topological polar surface area (TPSA) is 84.9 Å². The van der Waals surface area contributed by atoms with Crippen molar-refractivity contribution in [3.05, 3.63) is 46.9 Å². The summed E-state index contributed by atoms with van der Waals surface area (Å²) in [6, 6.07) is 9.51. The maximum atomic E-state index is 11.8. The number of nitrogens with one attached hydrogen (secondary N) is 1. The number of benzene rings is 1. The van der Waals surface area contributed by atoms with E-state index in [4.69, 9.17) is 10.2 Å². The van der Waals surface area contributed by atoms with E-state index in [0.29, 0.717) is 10.9 Å². The minimum absolute atomic E-state index is 0.0523. The molecular formula is C12H9N3O2. The summed E-state index contributed by atoms with van der Waals surface area (Å²) in [5.74, 6) is 0.0523. The van der Waals surface area contributed by atoms with E-state index in [9.17, 15) is 4.79 Å². The van der Waals surface area contributed by atoms with Crippen molar-refractivity contribution in [3.63, 3.8) is 0 Å². The molecule has 0 saturated heterocycles. The van der Waals surface area contributed by atoms with Gasteiger partial charge in [-0.3, -0.25) is 9.78 Å². The fourth-order valence-electron chi connectivity index (χ4n) is 1.80. The van der Waals surface area contributed by atoms with Gasteiger partial charge >= 0.3 is 0 Å². The van der Waals surface area contributed by atoms with Crippen molar-refractivity contribution in [2.24, 2.45) is 0 Å². The molecule has 0 unspecified atom stereocenters. The third-order valence-corrected chi connectivity index (χ3v) is 2.55. The van der Waals surface area contributed by atoms with Crippen LogP contribution in [0.5, 0.6) is 0 Å². The van der Waals surface area contributed by atoms with Gasteiger partial charge < -0.3 is 10.2 Å². The van der Waals surface area contributed by atoms with Gasteiger partial charge in [0.15, 0.2) is 0 Å². The summed E-state index contributed by atoms with van der Waals surface area (Å²) in [5, 5.41) is 0.422.